The van der Waals surface area contributed by atoms with Crippen molar-refractivity contribution in [2.24, 2.45) is 4.99 Å². The summed E-state index contributed by atoms with van der Waals surface area (Å²) in [5.41, 5.74) is 2.15. The highest BCUT2D eigenvalue weighted by atomic mass is 16.2. The Morgan fingerprint density at radius 3 is 2.63 bits per heavy atom. The molecule has 0 unspecified atom stereocenters. The lowest BCUT2D eigenvalue weighted by Crippen LogP contribution is -2.48. The van der Waals surface area contributed by atoms with Crippen molar-refractivity contribution < 1.29 is 4.79 Å². The molecule has 8 nitrogen and oxygen atoms in total. The molecule has 2 aromatic rings. The molecule has 0 bridgehead atoms. The quantitative estimate of drug-likeness (QED) is 0.535. The van der Waals surface area contributed by atoms with Gasteiger partial charge in [0.15, 0.2) is 5.96 Å². The van der Waals surface area contributed by atoms with E-state index in [-0.39, 0.29) is 5.91 Å². The summed E-state index contributed by atoms with van der Waals surface area (Å²) in [4.78, 5) is 30.5. The van der Waals surface area contributed by atoms with Gasteiger partial charge < -0.3 is 20.1 Å². The molecule has 1 fully saturated rings. The molecule has 1 aliphatic heterocycles. The first kappa shape index (κ1) is 21.8. The third-order valence-electron chi connectivity index (χ3n) is 5.29. The number of nitrogens with zero attached hydrogens (tertiary/aromatic N) is 5. The summed E-state index contributed by atoms with van der Waals surface area (Å²) in [5.74, 6) is 1.94. The van der Waals surface area contributed by atoms with Gasteiger partial charge in [-0.25, -0.2) is 4.98 Å². The average Bonchev–Trinajstić information content (AvgIpc) is 3.22. The van der Waals surface area contributed by atoms with E-state index in [4.69, 9.17) is 4.99 Å². The third-order valence-corrected chi connectivity index (χ3v) is 5.29. The number of hydrogen-bond acceptors (Lipinski definition) is 4. The number of imidazole rings is 1. The Morgan fingerprint density at radius 1 is 1.23 bits per heavy atom. The monoisotopic (exact) mass is 411 g/mol. The van der Waals surface area contributed by atoms with Crippen molar-refractivity contribution in [3.8, 4) is 11.3 Å². The number of amides is 1. The largest absolute Gasteiger partial charge is 0.357 e. The summed E-state index contributed by atoms with van der Waals surface area (Å²) in [6, 6.07) is 10.2. The lowest BCUT2D eigenvalue weighted by Gasteiger charge is -2.33. The minimum Gasteiger partial charge on any atom is -0.357 e. The van der Waals surface area contributed by atoms with Crippen LogP contribution in [-0.2, 0) is 11.3 Å². The Hall–Kier alpha value is -2.87. The van der Waals surface area contributed by atoms with E-state index in [0.717, 1.165) is 68.9 Å². The van der Waals surface area contributed by atoms with Gasteiger partial charge in [-0.3, -0.25) is 14.7 Å². The standard InChI is InChI=1S/C22H33N7O/c1-4-23-22(24-10-11-28-12-14-29(15-13-28)18(2)30)27(3)17-21-25-16-20(26-21)19-8-6-5-7-9-19/h5-9,16H,4,10-15,17H2,1-3H3,(H,23,24)(H,25,26). The molecule has 1 amide bonds. The number of H-pyrrole nitrogens is 1. The van der Waals surface area contributed by atoms with Gasteiger partial charge in [0, 0.05) is 53.2 Å². The molecular weight excluding hydrogens is 378 g/mol. The molecular formula is C22H33N7O. The molecule has 1 aromatic heterocycles. The third kappa shape index (κ3) is 6.06. The average molecular weight is 412 g/mol. The summed E-state index contributed by atoms with van der Waals surface area (Å²) < 4.78 is 0. The van der Waals surface area contributed by atoms with E-state index in [1.807, 2.05) is 36.3 Å². The molecule has 30 heavy (non-hydrogen) atoms. The van der Waals surface area contributed by atoms with Crippen molar-refractivity contribution in [3.63, 3.8) is 0 Å². The summed E-state index contributed by atoms with van der Waals surface area (Å²) >= 11 is 0. The van der Waals surface area contributed by atoms with Gasteiger partial charge in [0.1, 0.15) is 5.82 Å². The molecule has 0 aliphatic carbocycles. The second-order valence-electron chi connectivity index (χ2n) is 7.55. The Bertz CT molecular complexity index is 825. The SMILES string of the molecule is CCNC(=NCCN1CCN(C(C)=O)CC1)N(C)Cc1ncc(-c2ccccc2)[nH]1. The van der Waals surface area contributed by atoms with Crippen molar-refractivity contribution in [2.75, 3.05) is 52.9 Å². The fraction of sp³-hybridized carbons (Fsp3) is 0.500. The molecule has 0 atom stereocenters. The van der Waals surface area contributed by atoms with E-state index in [2.05, 4.69) is 44.1 Å². The van der Waals surface area contributed by atoms with Crippen LogP contribution in [0, 0.1) is 0 Å². The molecule has 0 spiro atoms. The maximum Gasteiger partial charge on any atom is 0.219 e. The lowest BCUT2D eigenvalue weighted by atomic mass is 10.2. The highest BCUT2D eigenvalue weighted by Gasteiger charge is 2.18. The molecule has 3 rings (SSSR count). The lowest BCUT2D eigenvalue weighted by molar-refractivity contribution is -0.130. The number of benzene rings is 1. The second-order valence-corrected chi connectivity index (χ2v) is 7.55. The van der Waals surface area contributed by atoms with Crippen LogP contribution in [0.5, 0.6) is 0 Å². The highest BCUT2D eigenvalue weighted by Crippen LogP contribution is 2.16. The van der Waals surface area contributed by atoms with E-state index in [1.165, 1.54) is 0 Å². The van der Waals surface area contributed by atoms with Gasteiger partial charge in [-0.2, -0.15) is 0 Å². The van der Waals surface area contributed by atoms with Gasteiger partial charge in [0.2, 0.25) is 5.91 Å². The Balaban J connectivity index is 1.52. The number of carbonyl (C=O) groups is 1. The van der Waals surface area contributed by atoms with Crippen LogP contribution in [0.3, 0.4) is 0 Å². The summed E-state index contributed by atoms with van der Waals surface area (Å²) in [5, 5.41) is 3.36. The maximum absolute atomic E-state index is 11.5. The Morgan fingerprint density at radius 2 is 1.97 bits per heavy atom. The Labute approximate surface area is 179 Å². The van der Waals surface area contributed by atoms with Gasteiger partial charge in [0.05, 0.1) is 25.0 Å². The number of nitrogens with one attached hydrogen (secondary N) is 2. The van der Waals surface area contributed by atoms with Crippen LogP contribution in [0.4, 0.5) is 0 Å². The van der Waals surface area contributed by atoms with Crippen molar-refractivity contribution in [1.82, 2.24) is 30.0 Å². The number of aromatic amines is 1. The van der Waals surface area contributed by atoms with Gasteiger partial charge >= 0.3 is 0 Å². The molecule has 0 radical (unpaired) electrons. The number of aliphatic imine (C=N–C) groups is 1. The minimum atomic E-state index is 0.164. The van der Waals surface area contributed by atoms with Crippen LogP contribution in [-0.4, -0.2) is 89.4 Å². The van der Waals surface area contributed by atoms with E-state index in [9.17, 15) is 4.79 Å². The minimum absolute atomic E-state index is 0.164. The molecule has 162 valence electrons. The number of carbonyl (C=O) groups excluding carboxylic acids is 1. The maximum atomic E-state index is 11.5. The number of hydrogen-bond donors (Lipinski definition) is 2. The summed E-state index contributed by atoms with van der Waals surface area (Å²) in [7, 11) is 2.03. The smallest absolute Gasteiger partial charge is 0.219 e. The van der Waals surface area contributed by atoms with E-state index >= 15 is 0 Å². The van der Waals surface area contributed by atoms with Crippen LogP contribution in [0.15, 0.2) is 41.5 Å². The van der Waals surface area contributed by atoms with Crippen LogP contribution >= 0.6 is 0 Å². The number of piperazine rings is 1. The zero-order chi connectivity index (χ0) is 21.3. The zero-order valence-electron chi connectivity index (χ0n) is 18.3. The number of rotatable bonds is 7. The van der Waals surface area contributed by atoms with Crippen molar-refractivity contribution in [2.45, 2.75) is 20.4 Å². The van der Waals surface area contributed by atoms with Crippen LogP contribution < -0.4 is 5.32 Å². The topological polar surface area (TPSA) is 79.9 Å². The molecule has 1 aromatic carbocycles. The van der Waals surface area contributed by atoms with Gasteiger partial charge in [-0.15, -0.1) is 0 Å². The zero-order valence-corrected chi connectivity index (χ0v) is 18.3. The van der Waals surface area contributed by atoms with Crippen LogP contribution in [0.1, 0.15) is 19.7 Å². The van der Waals surface area contributed by atoms with E-state index in [0.29, 0.717) is 6.54 Å². The van der Waals surface area contributed by atoms with Gasteiger partial charge in [-0.1, -0.05) is 30.3 Å². The summed E-state index contributed by atoms with van der Waals surface area (Å²) in [6.45, 7) is 10.2. The highest BCUT2D eigenvalue weighted by molar-refractivity contribution is 5.79. The van der Waals surface area contributed by atoms with Crippen LogP contribution in [0.2, 0.25) is 0 Å². The normalized spacial score (nSPS) is 15.3. The van der Waals surface area contributed by atoms with E-state index in [1.54, 1.807) is 6.92 Å². The molecule has 1 aliphatic rings. The fourth-order valence-corrected chi connectivity index (χ4v) is 3.56. The predicted octanol–water partition coefficient (Wildman–Crippen LogP) is 1.64. The van der Waals surface area contributed by atoms with Gasteiger partial charge in [-0.05, 0) is 12.5 Å². The van der Waals surface area contributed by atoms with Crippen LogP contribution in [0.25, 0.3) is 11.3 Å². The van der Waals surface area contributed by atoms with E-state index < -0.39 is 0 Å². The number of aromatic nitrogens is 2. The molecule has 2 N–H and O–H groups in total. The fourth-order valence-electron chi connectivity index (χ4n) is 3.56. The first-order chi connectivity index (χ1) is 14.6. The first-order valence-electron chi connectivity index (χ1n) is 10.6. The van der Waals surface area contributed by atoms with Crippen molar-refractivity contribution in [3.05, 3.63) is 42.4 Å². The predicted molar refractivity (Wildman–Crippen MR) is 120 cm³/mol. The molecule has 2 heterocycles. The second kappa shape index (κ2) is 10.8. The van der Waals surface area contributed by atoms with Gasteiger partial charge in [0.25, 0.3) is 0 Å². The summed E-state index contributed by atoms with van der Waals surface area (Å²) in [6.07, 6.45) is 1.88. The molecule has 8 heteroatoms. The van der Waals surface area contributed by atoms with Crippen molar-refractivity contribution in [1.29, 1.82) is 0 Å². The molecule has 1 saturated heterocycles. The number of guanidine groups is 1. The Kier molecular flexibility index (Phi) is 7.84. The first-order valence-corrected chi connectivity index (χ1v) is 10.6. The van der Waals surface area contributed by atoms with Crippen molar-refractivity contribution >= 4 is 11.9 Å². The molecule has 0 saturated carbocycles.